The number of nitrogens with one attached hydrogen (secondary N) is 2. The van der Waals surface area contributed by atoms with E-state index in [0.717, 1.165) is 15.8 Å². The van der Waals surface area contributed by atoms with E-state index in [1.165, 1.54) is 38.5 Å². The van der Waals surface area contributed by atoms with Gasteiger partial charge in [0.1, 0.15) is 5.69 Å². The van der Waals surface area contributed by atoms with Gasteiger partial charge in [0.2, 0.25) is 0 Å². The summed E-state index contributed by atoms with van der Waals surface area (Å²) in [7, 11) is 0. The number of benzene rings is 1. The van der Waals surface area contributed by atoms with E-state index in [1.54, 1.807) is 12.3 Å². The molecule has 4 nitrogen and oxygen atoms in total. The van der Waals surface area contributed by atoms with Crippen LogP contribution in [-0.2, 0) is 0 Å². The van der Waals surface area contributed by atoms with E-state index in [1.807, 2.05) is 30.3 Å². The van der Waals surface area contributed by atoms with Gasteiger partial charge in [-0.1, -0.05) is 41.6 Å². The Hall–Kier alpha value is -1.88. The predicted molar refractivity (Wildman–Crippen MR) is 101 cm³/mol. The van der Waals surface area contributed by atoms with Crippen LogP contribution in [0.2, 0.25) is 0 Å². The number of hydrogen-bond donors (Lipinski definition) is 2. The number of aromatic nitrogens is 1. The number of pyridine rings is 1. The summed E-state index contributed by atoms with van der Waals surface area (Å²) < 4.78 is 0.979. The molecule has 3 rings (SSSR count). The van der Waals surface area contributed by atoms with Gasteiger partial charge in [0.25, 0.3) is 5.91 Å². The molecule has 2 N–H and O–H groups in total. The number of rotatable bonds is 4. The van der Waals surface area contributed by atoms with Gasteiger partial charge in [-0.3, -0.25) is 4.79 Å². The molecule has 1 aromatic heterocycles. The lowest BCUT2D eigenvalue weighted by Crippen LogP contribution is -2.19. The van der Waals surface area contributed by atoms with Crippen LogP contribution in [0.1, 0.15) is 49.0 Å². The van der Waals surface area contributed by atoms with Gasteiger partial charge < -0.3 is 10.6 Å². The molecule has 0 saturated heterocycles. The van der Waals surface area contributed by atoms with Crippen molar-refractivity contribution in [2.24, 2.45) is 0 Å². The van der Waals surface area contributed by atoms with Crippen LogP contribution in [0.15, 0.2) is 47.1 Å². The van der Waals surface area contributed by atoms with Gasteiger partial charge in [-0.05, 0) is 49.2 Å². The highest BCUT2D eigenvalue weighted by Crippen LogP contribution is 2.21. The van der Waals surface area contributed by atoms with Gasteiger partial charge in [0, 0.05) is 16.2 Å². The summed E-state index contributed by atoms with van der Waals surface area (Å²) in [6.07, 6.45) is 9.44. The standard InChI is InChI=1S/C19H22BrN3O/c20-14-7-9-16(10-8-14)23-19(24)18-12-11-17(13-21-18)22-15-5-3-1-2-4-6-15/h7-13,15,22H,1-6H2,(H,23,24). The predicted octanol–water partition coefficient (Wildman–Crippen LogP) is 5.23. The van der Waals surface area contributed by atoms with Crippen molar-refractivity contribution in [3.63, 3.8) is 0 Å². The zero-order valence-corrected chi connectivity index (χ0v) is 15.2. The van der Waals surface area contributed by atoms with Gasteiger partial charge in [0.05, 0.1) is 11.9 Å². The van der Waals surface area contributed by atoms with Crippen LogP contribution in [0, 0.1) is 0 Å². The van der Waals surface area contributed by atoms with Gasteiger partial charge in [0.15, 0.2) is 0 Å². The van der Waals surface area contributed by atoms with E-state index in [0.29, 0.717) is 11.7 Å². The number of carbonyl (C=O) groups is 1. The first-order valence-electron chi connectivity index (χ1n) is 8.50. The highest BCUT2D eigenvalue weighted by Gasteiger charge is 2.13. The second kappa shape index (κ2) is 8.29. The van der Waals surface area contributed by atoms with Crippen LogP contribution >= 0.6 is 15.9 Å². The molecule has 0 bridgehead atoms. The maximum absolute atomic E-state index is 12.2. The topological polar surface area (TPSA) is 54.0 Å². The Balaban J connectivity index is 1.58. The molecule has 0 unspecified atom stereocenters. The average Bonchev–Trinajstić information content (AvgIpc) is 2.86. The summed E-state index contributed by atoms with van der Waals surface area (Å²) in [5.41, 5.74) is 2.16. The minimum absolute atomic E-state index is 0.196. The second-order valence-electron chi connectivity index (χ2n) is 6.23. The fourth-order valence-corrected chi connectivity index (χ4v) is 3.27. The summed E-state index contributed by atoms with van der Waals surface area (Å²) in [5, 5.41) is 6.40. The molecule has 1 saturated carbocycles. The van der Waals surface area contributed by atoms with Crippen molar-refractivity contribution in [3.05, 3.63) is 52.8 Å². The summed E-state index contributed by atoms with van der Waals surface area (Å²) in [6.45, 7) is 0. The number of carbonyl (C=O) groups excluding carboxylic acids is 1. The monoisotopic (exact) mass is 387 g/mol. The Labute approximate surface area is 151 Å². The van der Waals surface area contributed by atoms with Crippen LogP contribution in [0.5, 0.6) is 0 Å². The maximum atomic E-state index is 12.2. The molecule has 1 amide bonds. The van der Waals surface area contributed by atoms with E-state index >= 15 is 0 Å². The van der Waals surface area contributed by atoms with E-state index < -0.39 is 0 Å². The van der Waals surface area contributed by atoms with Gasteiger partial charge in [-0.25, -0.2) is 4.98 Å². The smallest absolute Gasteiger partial charge is 0.274 e. The van der Waals surface area contributed by atoms with Crippen molar-refractivity contribution in [2.45, 2.75) is 44.6 Å². The fourth-order valence-electron chi connectivity index (χ4n) is 3.00. The zero-order valence-electron chi connectivity index (χ0n) is 13.6. The Morgan fingerprint density at radius 1 is 0.958 bits per heavy atom. The molecule has 0 aliphatic heterocycles. The third-order valence-electron chi connectivity index (χ3n) is 4.32. The Morgan fingerprint density at radius 2 is 1.62 bits per heavy atom. The van der Waals surface area contributed by atoms with Crippen molar-refractivity contribution < 1.29 is 4.79 Å². The van der Waals surface area contributed by atoms with Crippen molar-refractivity contribution in [2.75, 3.05) is 10.6 Å². The molecular formula is C19H22BrN3O. The molecule has 24 heavy (non-hydrogen) atoms. The van der Waals surface area contributed by atoms with Gasteiger partial charge >= 0.3 is 0 Å². The third-order valence-corrected chi connectivity index (χ3v) is 4.85. The molecule has 0 atom stereocenters. The number of nitrogens with zero attached hydrogens (tertiary/aromatic N) is 1. The number of amides is 1. The fraction of sp³-hybridized carbons (Fsp3) is 0.368. The molecule has 1 aliphatic rings. The summed E-state index contributed by atoms with van der Waals surface area (Å²) in [4.78, 5) is 16.5. The van der Waals surface area contributed by atoms with Gasteiger partial charge in [-0.15, -0.1) is 0 Å². The zero-order chi connectivity index (χ0) is 16.8. The van der Waals surface area contributed by atoms with Crippen LogP contribution in [-0.4, -0.2) is 16.9 Å². The minimum Gasteiger partial charge on any atom is -0.381 e. The molecule has 1 heterocycles. The SMILES string of the molecule is O=C(Nc1ccc(Br)cc1)c1ccc(NC2CCCCCC2)cn1. The Kier molecular flexibility index (Phi) is 5.86. The largest absolute Gasteiger partial charge is 0.381 e. The van der Waals surface area contributed by atoms with Crippen molar-refractivity contribution in [3.8, 4) is 0 Å². The van der Waals surface area contributed by atoms with Crippen molar-refractivity contribution >= 4 is 33.2 Å². The van der Waals surface area contributed by atoms with Crippen molar-refractivity contribution in [1.29, 1.82) is 0 Å². The van der Waals surface area contributed by atoms with E-state index in [9.17, 15) is 4.79 Å². The van der Waals surface area contributed by atoms with Crippen molar-refractivity contribution in [1.82, 2.24) is 4.98 Å². The Morgan fingerprint density at radius 3 is 2.25 bits per heavy atom. The second-order valence-corrected chi connectivity index (χ2v) is 7.14. The first-order chi connectivity index (χ1) is 11.7. The summed E-state index contributed by atoms with van der Waals surface area (Å²) >= 11 is 3.38. The van der Waals surface area contributed by atoms with Gasteiger partial charge in [-0.2, -0.15) is 0 Å². The average molecular weight is 388 g/mol. The molecule has 0 radical (unpaired) electrons. The molecule has 5 heteroatoms. The molecule has 1 fully saturated rings. The maximum Gasteiger partial charge on any atom is 0.274 e. The lowest BCUT2D eigenvalue weighted by molar-refractivity contribution is 0.102. The first kappa shape index (κ1) is 17.0. The molecule has 1 aliphatic carbocycles. The lowest BCUT2D eigenvalue weighted by atomic mass is 10.1. The van der Waals surface area contributed by atoms with Crippen LogP contribution in [0.3, 0.4) is 0 Å². The third kappa shape index (κ3) is 4.81. The number of halogens is 1. The minimum atomic E-state index is -0.196. The molecule has 1 aromatic carbocycles. The molecular weight excluding hydrogens is 366 g/mol. The van der Waals surface area contributed by atoms with E-state index in [4.69, 9.17) is 0 Å². The molecule has 2 aromatic rings. The van der Waals surface area contributed by atoms with Crippen LogP contribution < -0.4 is 10.6 Å². The Bertz CT molecular complexity index is 662. The number of hydrogen-bond acceptors (Lipinski definition) is 3. The lowest BCUT2D eigenvalue weighted by Gasteiger charge is -2.17. The normalized spacial score (nSPS) is 15.5. The quantitative estimate of drug-likeness (QED) is 0.705. The molecule has 0 spiro atoms. The van der Waals surface area contributed by atoms with Crippen LogP contribution in [0.4, 0.5) is 11.4 Å². The van der Waals surface area contributed by atoms with E-state index in [-0.39, 0.29) is 5.91 Å². The molecule has 126 valence electrons. The first-order valence-corrected chi connectivity index (χ1v) is 9.29. The van der Waals surface area contributed by atoms with E-state index in [2.05, 4.69) is 31.5 Å². The van der Waals surface area contributed by atoms with Crippen LogP contribution in [0.25, 0.3) is 0 Å². The highest BCUT2D eigenvalue weighted by atomic mass is 79.9. The highest BCUT2D eigenvalue weighted by molar-refractivity contribution is 9.10. The summed E-state index contributed by atoms with van der Waals surface area (Å²) in [6, 6.07) is 11.7. The summed E-state index contributed by atoms with van der Waals surface area (Å²) in [5.74, 6) is -0.196. The number of anilines is 2.